The number of fused-ring (bicyclic) bond motifs is 1. The van der Waals surface area contributed by atoms with Crippen LogP contribution in [0, 0.1) is 0 Å². The largest absolute Gasteiger partial charge is 0.497 e. The van der Waals surface area contributed by atoms with Crippen LogP contribution in [0.15, 0.2) is 41.5 Å². The fourth-order valence-corrected chi connectivity index (χ4v) is 2.61. The third-order valence-electron chi connectivity index (χ3n) is 3.84. The van der Waals surface area contributed by atoms with Crippen molar-refractivity contribution in [2.24, 2.45) is 4.99 Å². The second-order valence-corrected chi connectivity index (χ2v) is 5.28. The fourth-order valence-electron chi connectivity index (χ4n) is 2.61. The van der Waals surface area contributed by atoms with Gasteiger partial charge in [-0.3, -0.25) is 4.99 Å². The molecule has 0 spiro atoms. The van der Waals surface area contributed by atoms with Crippen LogP contribution in [0.2, 0.25) is 0 Å². The van der Waals surface area contributed by atoms with Crippen LogP contribution in [-0.2, 0) is 0 Å². The normalized spacial score (nSPS) is 13.5. The smallest absolute Gasteiger partial charge is 0.142 e. The van der Waals surface area contributed by atoms with Gasteiger partial charge < -0.3 is 15.5 Å². The molecule has 0 atom stereocenters. The molecule has 2 aromatic heterocycles. The topological polar surface area (TPSA) is 89.2 Å². The van der Waals surface area contributed by atoms with Crippen LogP contribution in [0.25, 0.3) is 28.0 Å². The highest BCUT2D eigenvalue weighted by molar-refractivity contribution is 6.11. The van der Waals surface area contributed by atoms with Crippen LogP contribution in [-0.4, -0.2) is 34.8 Å². The summed E-state index contributed by atoms with van der Waals surface area (Å²) in [6.07, 6.45) is 5.66. The van der Waals surface area contributed by atoms with E-state index in [-0.39, 0.29) is 0 Å². The van der Waals surface area contributed by atoms with Gasteiger partial charge >= 0.3 is 0 Å². The highest BCUT2D eigenvalue weighted by Crippen LogP contribution is 2.29. The maximum Gasteiger partial charge on any atom is 0.142 e. The summed E-state index contributed by atoms with van der Waals surface area (Å²) in [4.78, 5) is 16.4. The maximum atomic E-state index is 6.05. The molecule has 1 aliphatic heterocycles. The number of hydrogen-bond donors (Lipinski definition) is 2. The molecule has 0 saturated carbocycles. The molecule has 3 heterocycles. The van der Waals surface area contributed by atoms with E-state index in [9.17, 15) is 0 Å². The van der Waals surface area contributed by atoms with Crippen molar-refractivity contribution in [3.8, 4) is 17.1 Å². The number of nitrogen functional groups attached to an aromatic ring is 1. The van der Waals surface area contributed by atoms with Crippen LogP contribution in [0.5, 0.6) is 5.75 Å². The number of nitrogens with zero attached hydrogens (tertiary/aromatic N) is 3. The van der Waals surface area contributed by atoms with Gasteiger partial charge in [0.1, 0.15) is 17.4 Å². The number of aromatic nitrogens is 3. The quantitative estimate of drug-likeness (QED) is 0.778. The Bertz CT molecular complexity index is 955. The Balaban J connectivity index is 1.83. The first kappa shape index (κ1) is 13.5. The van der Waals surface area contributed by atoms with Crippen molar-refractivity contribution in [1.82, 2.24) is 15.0 Å². The first-order valence-electron chi connectivity index (χ1n) is 7.24. The molecule has 0 saturated heterocycles. The van der Waals surface area contributed by atoms with Crippen LogP contribution >= 0.6 is 0 Å². The van der Waals surface area contributed by atoms with Crippen LogP contribution in [0.3, 0.4) is 0 Å². The zero-order chi connectivity index (χ0) is 15.8. The fraction of sp³-hybridized carbons (Fsp3) is 0.118. The standard InChI is InChI=1S/C17H15N5O/c1-23-12-2-3-14-15(7-12)22-17(21-14)13-6-11(9-20-16(13)18)10-4-5-19-8-10/h2-4,6-9H,5H2,1H3,(H2,18,20)(H,21,22). The van der Waals surface area contributed by atoms with Crippen LogP contribution < -0.4 is 10.5 Å². The van der Waals surface area contributed by atoms with Gasteiger partial charge in [-0.2, -0.15) is 0 Å². The lowest BCUT2D eigenvalue weighted by Crippen LogP contribution is -1.97. The van der Waals surface area contributed by atoms with Crippen molar-refractivity contribution in [3.05, 3.63) is 42.1 Å². The third-order valence-corrected chi connectivity index (χ3v) is 3.84. The van der Waals surface area contributed by atoms with E-state index in [1.807, 2.05) is 30.5 Å². The Morgan fingerprint density at radius 3 is 2.96 bits per heavy atom. The Kier molecular flexibility index (Phi) is 3.08. The molecule has 3 N–H and O–H groups in total. The number of hydrogen-bond acceptors (Lipinski definition) is 5. The van der Waals surface area contributed by atoms with E-state index in [1.54, 1.807) is 13.3 Å². The van der Waals surface area contributed by atoms with E-state index in [1.165, 1.54) is 0 Å². The third kappa shape index (κ3) is 2.34. The number of allylic oxidation sites excluding steroid dienone is 1. The van der Waals surface area contributed by atoms with Gasteiger partial charge in [0.25, 0.3) is 0 Å². The number of aliphatic imine (C=N–C) groups is 1. The van der Waals surface area contributed by atoms with Gasteiger partial charge in [0.15, 0.2) is 0 Å². The summed E-state index contributed by atoms with van der Waals surface area (Å²) >= 11 is 0. The summed E-state index contributed by atoms with van der Waals surface area (Å²) in [5, 5.41) is 0. The number of methoxy groups -OCH3 is 1. The van der Waals surface area contributed by atoms with Crippen molar-refractivity contribution in [2.45, 2.75) is 0 Å². The first-order chi connectivity index (χ1) is 11.2. The lowest BCUT2D eigenvalue weighted by molar-refractivity contribution is 0.415. The monoisotopic (exact) mass is 305 g/mol. The van der Waals surface area contributed by atoms with Gasteiger partial charge in [0.05, 0.1) is 30.3 Å². The lowest BCUT2D eigenvalue weighted by atomic mass is 10.1. The number of aromatic amines is 1. The molecule has 23 heavy (non-hydrogen) atoms. The molecule has 0 aliphatic carbocycles. The molecule has 6 nitrogen and oxygen atoms in total. The summed E-state index contributed by atoms with van der Waals surface area (Å²) < 4.78 is 5.24. The molecule has 6 heteroatoms. The zero-order valence-corrected chi connectivity index (χ0v) is 12.6. The lowest BCUT2D eigenvalue weighted by Gasteiger charge is -2.05. The predicted molar refractivity (Wildman–Crippen MR) is 91.6 cm³/mol. The van der Waals surface area contributed by atoms with Crippen molar-refractivity contribution < 1.29 is 4.74 Å². The van der Waals surface area contributed by atoms with Crippen molar-refractivity contribution >= 4 is 28.6 Å². The summed E-state index contributed by atoms with van der Waals surface area (Å²) in [7, 11) is 1.64. The number of anilines is 1. The minimum Gasteiger partial charge on any atom is -0.497 e. The minimum absolute atomic E-state index is 0.440. The minimum atomic E-state index is 0.440. The highest BCUT2D eigenvalue weighted by Gasteiger charge is 2.13. The molecule has 1 aliphatic rings. The zero-order valence-electron chi connectivity index (χ0n) is 12.6. The number of imidazole rings is 1. The maximum absolute atomic E-state index is 6.05. The molecular weight excluding hydrogens is 290 g/mol. The highest BCUT2D eigenvalue weighted by atomic mass is 16.5. The number of benzene rings is 1. The molecule has 0 bridgehead atoms. The van der Waals surface area contributed by atoms with E-state index in [0.29, 0.717) is 18.2 Å². The Morgan fingerprint density at radius 2 is 2.17 bits per heavy atom. The molecule has 0 radical (unpaired) electrons. The van der Waals surface area contributed by atoms with Crippen molar-refractivity contribution in [1.29, 1.82) is 0 Å². The summed E-state index contributed by atoms with van der Waals surface area (Å²) in [6.45, 7) is 0.708. The number of rotatable bonds is 3. The Hall–Kier alpha value is -3.15. The van der Waals surface area contributed by atoms with Crippen LogP contribution in [0.1, 0.15) is 5.56 Å². The Labute approximate surface area is 132 Å². The average molecular weight is 305 g/mol. The van der Waals surface area contributed by atoms with E-state index >= 15 is 0 Å². The van der Waals surface area contributed by atoms with E-state index in [2.05, 4.69) is 26.0 Å². The van der Waals surface area contributed by atoms with Gasteiger partial charge in [-0.05, 0) is 23.8 Å². The summed E-state index contributed by atoms with van der Waals surface area (Å²) in [6, 6.07) is 7.69. The number of nitrogens with one attached hydrogen (secondary N) is 1. The number of H-pyrrole nitrogens is 1. The average Bonchev–Trinajstić information content (AvgIpc) is 3.24. The summed E-state index contributed by atoms with van der Waals surface area (Å²) in [5.74, 6) is 1.91. The number of pyridine rings is 1. The SMILES string of the molecule is COc1ccc2nc(-c3cc(C4=CCN=C4)cnc3N)[nH]c2c1. The van der Waals surface area contributed by atoms with Gasteiger partial charge in [-0.1, -0.05) is 6.08 Å². The molecule has 0 amide bonds. The van der Waals surface area contributed by atoms with Crippen molar-refractivity contribution in [2.75, 3.05) is 19.4 Å². The molecule has 0 fully saturated rings. The number of ether oxygens (including phenoxy) is 1. The van der Waals surface area contributed by atoms with E-state index < -0.39 is 0 Å². The predicted octanol–water partition coefficient (Wildman–Crippen LogP) is 2.68. The first-order valence-corrected chi connectivity index (χ1v) is 7.24. The van der Waals surface area contributed by atoms with E-state index in [0.717, 1.165) is 33.5 Å². The van der Waals surface area contributed by atoms with Gasteiger partial charge in [-0.15, -0.1) is 0 Å². The number of nitrogens with two attached hydrogens (primary N) is 1. The molecule has 0 unspecified atom stereocenters. The molecular formula is C17H15N5O. The Morgan fingerprint density at radius 1 is 1.26 bits per heavy atom. The molecule has 3 aromatic rings. The van der Waals surface area contributed by atoms with Gasteiger partial charge in [-0.25, -0.2) is 9.97 Å². The molecule has 4 rings (SSSR count). The summed E-state index contributed by atoms with van der Waals surface area (Å²) in [5.41, 5.74) is 10.6. The van der Waals surface area contributed by atoms with Crippen LogP contribution in [0.4, 0.5) is 5.82 Å². The second-order valence-electron chi connectivity index (χ2n) is 5.28. The molecule has 114 valence electrons. The van der Waals surface area contributed by atoms with Gasteiger partial charge in [0.2, 0.25) is 0 Å². The van der Waals surface area contributed by atoms with E-state index in [4.69, 9.17) is 10.5 Å². The molecule has 1 aromatic carbocycles. The second kappa shape index (κ2) is 5.24. The van der Waals surface area contributed by atoms with Gasteiger partial charge in [0, 0.05) is 24.0 Å². The van der Waals surface area contributed by atoms with Crippen molar-refractivity contribution in [3.63, 3.8) is 0 Å².